The lowest BCUT2D eigenvalue weighted by Crippen LogP contribution is -2.30. The summed E-state index contributed by atoms with van der Waals surface area (Å²) in [7, 11) is 1.16. The van der Waals surface area contributed by atoms with Gasteiger partial charge in [-0.25, -0.2) is 14.4 Å². The Morgan fingerprint density at radius 3 is 2.46 bits per heavy atom. The zero-order valence-corrected chi connectivity index (χ0v) is 14.6. The van der Waals surface area contributed by atoms with Crippen molar-refractivity contribution in [1.29, 1.82) is 0 Å². The minimum Gasteiger partial charge on any atom is -0.466 e. The Labute approximate surface area is 146 Å². The van der Waals surface area contributed by atoms with Gasteiger partial charge in [0.05, 0.1) is 12.7 Å². The van der Waals surface area contributed by atoms with Gasteiger partial charge >= 0.3 is 17.9 Å². The van der Waals surface area contributed by atoms with E-state index in [1.54, 1.807) is 13.0 Å². The predicted octanol–water partition coefficient (Wildman–Crippen LogP) is 2.22. The molecule has 0 spiro atoms. The number of benzene rings is 1. The normalized spacial score (nSPS) is 11.6. The van der Waals surface area contributed by atoms with E-state index in [2.05, 4.69) is 20.7 Å². The molecule has 0 N–H and O–H groups in total. The average molecular weight is 399 g/mol. The van der Waals surface area contributed by atoms with Crippen LogP contribution in [0.1, 0.15) is 23.7 Å². The number of carbonyl (C=O) groups is 4. The number of aldehydes is 1. The molecule has 0 radical (unpaired) electrons. The highest BCUT2D eigenvalue weighted by Gasteiger charge is 2.23. The van der Waals surface area contributed by atoms with E-state index in [0.29, 0.717) is 10.8 Å². The Bertz CT molecular complexity index is 666. The van der Waals surface area contributed by atoms with Crippen molar-refractivity contribution in [3.63, 3.8) is 0 Å². The van der Waals surface area contributed by atoms with Crippen LogP contribution in [0.25, 0.3) is 0 Å². The summed E-state index contributed by atoms with van der Waals surface area (Å²) in [5, 5.41) is 0. The van der Waals surface area contributed by atoms with Crippen molar-refractivity contribution in [1.82, 2.24) is 0 Å². The van der Waals surface area contributed by atoms with Gasteiger partial charge in [0.15, 0.2) is 12.4 Å². The molecule has 0 bridgehead atoms. The van der Waals surface area contributed by atoms with Gasteiger partial charge in [0.2, 0.25) is 0 Å². The molecule has 0 aliphatic carbocycles. The van der Waals surface area contributed by atoms with Crippen molar-refractivity contribution < 1.29 is 33.4 Å². The van der Waals surface area contributed by atoms with Crippen LogP contribution in [0.4, 0.5) is 0 Å². The number of hydrogen-bond acceptors (Lipinski definition) is 7. The van der Waals surface area contributed by atoms with Crippen LogP contribution in [0.5, 0.6) is 5.75 Å². The summed E-state index contributed by atoms with van der Waals surface area (Å²) < 4.78 is 15.0. The van der Waals surface area contributed by atoms with Crippen LogP contribution in [0.2, 0.25) is 0 Å². The standard InChI is InChI=1S/C16H15BrO7/c1-3-12(23-15(20)7-6-14(19)22-2)16(21)24-13-5-4-11(17)8-10(13)9-18/h4-9,12H,3H2,1-2H3/b7-6-. The van der Waals surface area contributed by atoms with Gasteiger partial charge in [-0.1, -0.05) is 22.9 Å². The third-order valence-corrected chi connectivity index (χ3v) is 3.25. The van der Waals surface area contributed by atoms with E-state index in [1.807, 2.05) is 0 Å². The second kappa shape index (κ2) is 9.61. The van der Waals surface area contributed by atoms with Gasteiger partial charge in [0, 0.05) is 16.6 Å². The minimum absolute atomic E-state index is 0.0535. The highest BCUT2D eigenvalue weighted by atomic mass is 79.9. The molecule has 0 aliphatic rings. The fourth-order valence-corrected chi connectivity index (χ4v) is 1.94. The van der Waals surface area contributed by atoms with Crippen molar-refractivity contribution in [3.8, 4) is 5.75 Å². The molecule has 0 fully saturated rings. The Morgan fingerprint density at radius 2 is 1.88 bits per heavy atom. The summed E-state index contributed by atoms with van der Waals surface area (Å²) in [5.41, 5.74) is 0.171. The maximum Gasteiger partial charge on any atom is 0.352 e. The minimum atomic E-state index is -1.18. The van der Waals surface area contributed by atoms with E-state index >= 15 is 0 Å². The molecule has 8 heteroatoms. The molecule has 1 aromatic carbocycles. The lowest BCUT2D eigenvalue weighted by atomic mass is 10.2. The topological polar surface area (TPSA) is 96.0 Å². The lowest BCUT2D eigenvalue weighted by molar-refractivity contribution is -0.159. The van der Waals surface area contributed by atoms with Crippen LogP contribution in [-0.4, -0.2) is 37.4 Å². The molecule has 0 saturated carbocycles. The summed E-state index contributed by atoms with van der Waals surface area (Å²) in [6.45, 7) is 1.62. The van der Waals surface area contributed by atoms with E-state index < -0.39 is 24.0 Å². The van der Waals surface area contributed by atoms with Gasteiger partial charge in [-0.15, -0.1) is 0 Å². The van der Waals surface area contributed by atoms with E-state index in [9.17, 15) is 19.2 Å². The number of ether oxygens (including phenoxy) is 3. The maximum atomic E-state index is 12.1. The van der Waals surface area contributed by atoms with Crippen LogP contribution < -0.4 is 4.74 Å². The van der Waals surface area contributed by atoms with Crippen LogP contribution in [0.15, 0.2) is 34.8 Å². The number of esters is 3. The average Bonchev–Trinajstić information content (AvgIpc) is 2.58. The molecule has 1 aromatic rings. The maximum absolute atomic E-state index is 12.1. The SMILES string of the molecule is CCC(OC(=O)/C=C\C(=O)OC)C(=O)Oc1ccc(Br)cc1C=O. The molecule has 0 amide bonds. The molecule has 1 unspecified atom stereocenters. The van der Waals surface area contributed by atoms with E-state index in [0.717, 1.165) is 19.3 Å². The monoisotopic (exact) mass is 398 g/mol. The molecule has 0 heterocycles. The zero-order chi connectivity index (χ0) is 18.1. The molecule has 0 aliphatic heterocycles. The highest BCUT2D eigenvalue weighted by Crippen LogP contribution is 2.22. The summed E-state index contributed by atoms with van der Waals surface area (Å²) in [4.78, 5) is 45.6. The summed E-state index contributed by atoms with van der Waals surface area (Å²) in [6, 6.07) is 4.53. The molecule has 1 rings (SSSR count). The van der Waals surface area contributed by atoms with E-state index in [4.69, 9.17) is 9.47 Å². The first-order valence-corrected chi connectivity index (χ1v) is 7.63. The Hall–Kier alpha value is -2.48. The van der Waals surface area contributed by atoms with Gasteiger partial charge in [-0.2, -0.15) is 0 Å². The second-order valence-corrected chi connectivity index (χ2v) is 5.33. The third-order valence-electron chi connectivity index (χ3n) is 2.76. The molecule has 0 aromatic heterocycles. The molecule has 7 nitrogen and oxygen atoms in total. The van der Waals surface area contributed by atoms with Crippen LogP contribution in [0, 0.1) is 0 Å². The molecule has 0 saturated heterocycles. The zero-order valence-electron chi connectivity index (χ0n) is 13.0. The fourth-order valence-electron chi connectivity index (χ4n) is 1.56. The van der Waals surface area contributed by atoms with E-state index in [-0.39, 0.29) is 17.7 Å². The Morgan fingerprint density at radius 1 is 1.21 bits per heavy atom. The lowest BCUT2D eigenvalue weighted by Gasteiger charge is -2.14. The first-order valence-electron chi connectivity index (χ1n) is 6.84. The van der Waals surface area contributed by atoms with Crippen molar-refractivity contribution in [2.24, 2.45) is 0 Å². The summed E-state index contributed by atoms with van der Waals surface area (Å²) >= 11 is 3.20. The number of carbonyl (C=O) groups excluding carboxylic acids is 4. The number of methoxy groups -OCH3 is 1. The molecule has 128 valence electrons. The van der Waals surface area contributed by atoms with Crippen molar-refractivity contribution >= 4 is 40.1 Å². The van der Waals surface area contributed by atoms with Gasteiger partial charge < -0.3 is 14.2 Å². The molecular weight excluding hydrogens is 384 g/mol. The van der Waals surface area contributed by atoms with Crippen molar-refractivity contribution in [3.05, 3.63) is 40.4 Å². The van der Waals surface area contributed by atoms with E-state index in [1.165, 1.54) is 12.1 Å². The van der Waals surface area contributed by atoms with Crippen LogP contribution in [0.3, 0.4) is 0 Å². The van der Waals surface area contributed by atoms with Crippen LogP contribution >= 0.6 is 15.9 Å². The molecule has 1 atom stereocenters. The largest absolute Gasteiger partial charge is 0.466 e. The first-order chi connectivity index (χ1) is 11.4. The highest BCUT2D eigenvalue weighted by molar-refractivity contribution is 9.10. The Balaban J connectivity index is 2.77. The quantitative estimate of drug-likeness (QED) is 0.300. The smallest absolute Gasteiger partial charge is 0.352 e. The second-order valence-electron chi connectivity index (χ2n) is 4.41. The third kappa shape index (κ3) is 5.96. The van der Waals surface area contributed by atoms with Crippen molar-refractivity contribution in [2.45, 2.75) is 19.4 Å². The fraction of sp³-hybridized carbons (Fsp3) is 0.250. The molecule has 24 heavy (non-hydrogen) atoms. The Kier molecular flexibility index (Phi) is 7.84. The van der Waals surface area contributed by atoms with Gasteiger partial charge in [0.1, 0.15) is 5.75 Å². The summed E-state index contributed by atoms with van der Waals surface area (Å²) in [6.07, 6.45) is 1.24. The van der Waals surface area contributed by atoms with Crippen molar-refractivity contribution in [2.75, 3.05) is 7.11 Å². The number of halogens is 1. The molecular formula is C16H15BrO7. The predicted molar refractivity (Wildman–Crippen MR) is 86.5 cm³/mol. The van der Waals surface area contributed by atoms with Gasteiger partial charge in [-0.3, -0.25) is 4.79 Å². The summed E-state index contributed by atoms with van der Waals surface area (Å²) in [5.74, 6) is -2.40. The first kappa shape index (κ1) is 19.6. The van der Waals surface area contributed by atoms with Gasteiger partial charge in [-0.05, 0) is 24.6 Å². The van der Waals surface area contributed by atoms with Gasteiger partial charge in [0.25, 0.3) is 0 Å². The number of hydrogen-bond donors (Lipinski definition) is 0. The van der Waals surface area contributed by atoms with Crippen LogP contribution in [-0.2, 0) is 23.9 Å². The number of rotatable bonds is 7.